The van der Waals surface area contributed by atoms with Crippen LogP contribution in [0, 0.1) is 5.41 Å². The number of hydrogen-bond acceptors (Lipinski definition) is 3. The Hall–Kier alpha value is -0.770. The average Bonchev–Trinajstić information content (AvgIpc) is 2.58. The average molecular weight is 255 g/mol. The summed E-state index contributed by atoms with van der Waals surface area (Å²) in [5.41, 5.74) is -0.509. The number of carbonyl (C=O) groups is 1. The molecule has 4 heteroatoms. The van der Waals surface area contributed by atoms with E-state index in [1.807, 2.05) is 20.8 Å². The van der Waals surface area contributed by atoms with Crippen LogP contribution in [0.5, 0.6) is 0 Å². The lowest BCUT2D eigenvalue weighted by molar-refractivity contribution is -0.0271. The van der Waals surface area contributed by atoms with Gasteiger partial charge in [-0.2, -0.15) is 0 Å². The lowest BCUT2D eigenvalue weighted by Gasteiger charge is -2.42. The minimum absolute atomic E-state index is 0.0604. The molecule has 0 aromatic heterocycles. The first-order valence-corrected chi connectivity index (χ1v) is 6.98. The Morgan fingerprint density at radius 1 is 1.33 bits per heavy atom. The van der Waals surface area contributed by atoms with Crippen molar-refractivity contribution in [1.82, 2.24) is 4.90 Å². The largest absolute Gasteiger partial charge is 0.444 e. The van der Waals surface area contributed by atoms with Crippen molar-refractivity contribution in [2.24, 2.45) is 5.41 Å². The van der Waals surface area contributed by atoms with E-state index in [0.717, 1.165) is 38.6 Å². The number of nitrogens with zero attached hydrogens (tertiary/aromatic N) is 1. The maximum atomic E-state index is 12.1. The highest BCUT2D eigenvalue weighted by Crippen LogP contribution is 2.45. The molecule has 1 spiro atoms. The number of aliphatic hydroxyl groups is 1. The molecule has 18 heavy (non-hydrogen) atoms. The first-order chi connectivity index (χ1) is 8.32. The van der Waals surface area contributed by atoms with Gasteiger partial charge in [-0.05, 0) is 46.5 Å². The van der Waals surface area contributed by atoms with Crippen molar-refractivity contribution in [3.05, 3.63) is 0 Å². The quantitative estimate of drug-likeness (QED) is 0.723. The summed E-state index contributed by atoms with van der Waals surface area (Å²) in [6.07, 6.45) is 4.51. The molecule has 104 valence electrons. The molecule has 4 nitrogen and oxygen atoms in total. The fourth-order valence-electron chi connectivity index (χ4n) is 3.24. The fraction of sp³-hybridized carbons (Fsp3) is 0.929. The Balaban J connectivity index is 2.01. The first-order valence-electron chi connectivity index (χ1n) is 6.98. The molecule has 0 unspecified atom stereocenters. The van der Waals surface area contributed by atoms with Gasteiger partial charge in [-0.3, -0.25) is 0 Å². The molecule has 0 aromatic carbocycles. The highest BCUT2D eigenvalue weighted by molar-refractivity contribution is 5.68. The molecule has 0 aromatic rings. The predicted octanol–water partition coefficient (Wildman–Crippen LogP) is 2.55. The van der Waals surface area contributed by atoms with Crippen LogP contribution in [0.25, 0.3) is 0 Å². The van der Waals surface area contributed by atoms with Gasteiger partial charge in [-0.25, -0.2) is 4.79 Å². The highest BCUT2D eigenvalue weighted by atomic mass is 16.6. The Labute approximate surface area is 109 Å². The Kier molecular flexibility index (Phi) is 3.58. The van der Waals surface area contributed by atoms with Gasteiger partial charge < -0.3 is 14.7 Å². The van der Waals surface area contributed by atoms with E-state index in [2.05, 4.69) is 0 Å². The second kappa shape index (κ2) is 4.72. The number of piperidine rings is 1. The van der Waals surface area contributed by atoms with Crippen molar-refractivity contribution >= 4 is 6.09 Å². The zero-order valence-corrected chi connectivity index (χ0v) is 11.7. The van der Waals surface area contributed by atoms with Gasteiger partial charge in [0.05, 0.1) is 6.10 Å². The highest BCUT2D eigenvalue weighted by Gasteiger charge is 2.46. The number of likely N-dealkylation sites (tertiary alicyclic amines) is 1. The predicted molar refractivity (Wildman–Crippen MR) is 69.3 cm³/mol. The molecular formula is C14H25NO3. The van der Waals surface area contributed by atoms with Crippen LogP contribution in [0.15, 0.2) is 0 Å². The van der Waals surface area contributed by atoms with E-state index < -0.39 is 5.60 Å². The van der Waals surface area contributed by atoms with Crippen molar-refractivity contribution in [3.63, 3.8) is 0 Å². The normalized spacial score (nSPS) is 32.9. The minimum atomic E-state index is -0.448. The molecule has 1 aliphatic carbocycles. The third-order valence-electron chi connectivity index (χ3n) is 4.12. The number of rotatable bonds is 0. The van der Waals surface area contributed by atoms with Gasteiger partial charge in [0.2, 0.25) is 0 Å². The number of hydrogen-bond donors (Lipinski definition) is 1. The smallest absolute Gasteiger partial charge is 0.410 e. The van der Waals surface area contributed by atoms with Gasteiger partial charge in [0.1, 0.15) is 5.60 Å². The van der Waals surface area contributed by atoms with Crippen LogP contribution in [0.1, 0.15) is 52.9 Å². The maximum Gasteiger partial charge on any atom is 0.410 e. The van der Waals surface area contributed by atoms with E-state index >= 15 is 0 Å². The van der Waals surface area contributed by atoms with Crippen LogP contribution in [-0.4, -0.2) is 40.9 Å². The van der Waals surface area contributed by atoms with Crippen LogP contribution >= 0.6 is 0 Å². The molecule has 2 fully saturated rings. The molecule has 2 rings (SSSR count). The van der Waals surface area contributed by atoms with E-state index in [-0.39, 0.29) is 17.6 Å². The standard InChI is InChI=1S/C14H25NO3/c1-13(2,3)18-12(17)15-9-5-8-14(10-15)7-4-6-11(14)16/h11,16H,4-10H2,1-3H3/t11-,14+/m0/s1. The van der Waals surface area contributed by atoms with Crippen LogP contribution < -0.4 is 0 Å². The Bertz CT molecular complexity index is 323. The summed E-state index contributed by atoms with van der Waals surface area (Å²) in [5, 5.41) is 10.2. The van der Waals surface area contributed by atoms with Crippen molar-refractivity contribution < 1.29 is 14.6 Å². The fourth-order valence-corrected chi connectivity index (χ4v) is 3.24. The van der Waals surface area contributed by atoms with Gasteiger partial charge in [-0.15, -0.1) is 0 Å². The topological polar surface area (TPSA) is 49.8 Å². The zero-order chi connectivity index (χ0) is 13.4. The SMILES string of the molecule is CC(C)(C)OC(=O)N1CCC[C@]2(CCC[C@@H]2O)C1. The third kappa shape index (κ3) is 2.79. The van der Waals surface area contributed by atoms with Crippen molar-refractivity contribution in [2.75, 3.05) is 13.1 Å². The van der Waals surface area contributed by atoms with Gasteiger partial charge in [-0.1, -0.05) is 6.42 Å². The lowest BCUT2D eigenvalue weighted by Crippen LogP contribution is -2.50. The summed E-state index contributed by atoms with van der Waals surface area (Å²) in [5.74, 6) is 0. The van der Waals surface area contributed by atoms with Gasteiger partial charge >= 0.3 is 6.09 Å². The molecule has 0 radical (unpaired) electrons. The van der Waals surface area contributed by atoms with Gasteiger partial charge in [0.15, 0.2) is 0 Å². The lowest BCUT2D eigenvalue weighted by atomic mass is 9.77. The second-order valence-electron chi connectivity index (χ2n) is 6.78. The molecule has 1 saturated carbocycles. The molecule has 1 amide bonds. The Morgan fingerprint density at radius 3 is 2.56 bits per heavy atom. The van der Waals surface area contributed by atoms with Gasteiger partial charge in [0.25, 0.3) is 0 Å². The van der Waals surface area contributed by atoms with Crippen LogP contribution in [0.2, 0.25) is 0 Å². The monoisotopic (exact) mass is 255 g/mol. The number of ether oxygens (including phenoxy) is 1. The van der Waals surface area contributed by atoms with E-state index in [9.17, 15) is 9.90 Å². The summed E-state index contributed by atoms with van der Waals surface area (Å²) < 4.78 is 5.42. The molecule has 2 atom stereocenters. The molecule has 1 aliphatic heterocycles. The molecule has 1 heterocycles. The second-order valence-corrected chi connectivity index (χ2v) is 6.78. The number of carbonyl (C=O) groups excluding carboxylic acids is 1. The van der Waals surface area contributed by atoms with Crippen LogP contribution in [-0.2, 0) is 4.74 Å². The van der Waals surface area contributed by atoms with Crippen molar-refractivity contribution in [1.29, 1.82) is 0 Å². The maximum absolute atomic E-state index is 12.1. The summed E-state index contributed by atoms with van der Waals surface area (Å²) in [7, 11) is 0. The summed E-state index contributed by atoms with van der Waals surface area (Å²) in [4.78, 5) is 13.9. The van der Waals surface area contributed by atoms with E-state index in [0.29, 0.717) is 6.54 Å². The van der Waals surface area contributed by atoms with Crippen LogP contribution in [0.3, 0.4) is 0 Å². The third-order valence-corrected chi connectivity index (χ3v) is 4.12. The summed E-state index contributed by atoms with van der Waals surface area (Å²) in [6.45, 7) is 7.06. The van der Waals surface area contributed by atoms with E-state index in [1.54, 1.807) is 4.90 Å². The minimum Gasteiger partial charge on any atom is -0.444 e. The Morgan fingerprint density at radius 2 is 2.00 bits per heavy atom. The number of aliphatic hydroxyl groups excluding tert-OH is 1. The zero-order valence-electron chi connectivity index (χ0n) is 11.7. The van der Waals surface area contributed by atoms with E-state index in [4.69, 9.17) is 4.74 Å². The summed E-state index contributed by atoms with van der Waals surface area (Å²) in [6, 6.07) is 0. The molecule has 1 N–H and O–H groups in total. The molecule has 2 aliphatic rings. The first kappa shape index (κ1) is 13.7. The van der Waals surface area contributed by atoms with Crippen molar-refractivity contribution in [3.8, 4) is 0 Å². The van der Waals surface area contributed by atoms with Gasteiger partial charge in [0, 0.05) is 18.5 Å². The molecule has 1 saturated heterocycles. The molecular weight excluding hydrogens is 230 g/mol. The summed E-state index contributed by atoms with van der Waals surface area (Å²) >= 11 is 0. The van der Waals surface area contributed by atoms with E-state index in [1.165, 1.54) is 0 Å². The van der Waals surface area contributed by atoms with Crippen LogP contribution in [0.4, 0.5) is 4.79 Å². The van der Waals surface area contributed by atoms with Crippen molar-refractivity contribution in [2.45, 2.75) is 64.6 Å². The number of amides is 1. The molecule has 0 bridgehead atoms.